The summed E-state index contributed by atoms with van der Waals surface area (Å²) in [7, 11) is 0. The van der Waals surface area contributed by atoms with Crippen molar-refractivity contribution in [3.63, 3.8) is 0 Å². The first-order chi connectivity index (χ1) is 8.56. The van der Waals surface area contributed by atoms with E-state index in [0.717, 1.165) is 25.9 Å². The fourth-order valence-corrected chi connectivity index (χ4v) is 3.16. The fraction of sp³-hybridized carbons (Fsp3) is 0.833. The van der Waals surface area contributed by atoms with Crippen LogP contribution in [0.4, 0.5) is 0 Å². The summed E-state index contributed by atoms with van der Waals surface area (Å²) in [5, 5.41) is 7.44. The Morgan fingerprint density at radius 2 is 1.56 bits per heavy atom. The van der Waals surface area contributed by atoms with Crippen LogP contribution in [0.2, 0.25) is 0 Å². The largest absolute Gasteiger partial charge is 0.370 e. The minimum absolute atomic E-state index is 0.0896. The second-order valence-corrected chi connectivity index (χ2v) is 5.32. The molecule has 0 saturated carbocycles. The van der Waals surface area contributed by atoms with E-state index < -0.39 is 5.54 Å². The number of primary amides is 1. The molecule has 5 N–H and O–H groups in total. The van der Waals surface area contributed by atoms with Gasteiger partial charge in [0.25, 0.3) is 0 Å². The molecular weight excluding hydrogens is 230 g/mol. The molecule has 0 aromatic carbocycles. The van der Waals surface area contributed by atoms with Crippen LogP contribution in [0.15, 0.2) is 0 Å². The lowest BCUT2D eigenvalue weighted by atomic mass is 9.83. The van der Waals surface area contributed by atoms with Crippen molar-refractivity contribution in [3.8, 4) is 0 Å². The van der Waals surface area contributed by atoms with E-state index in [2.05, 4.69) is 4.90 Å². The summed E-state index contributed by atoms with van der Waals surface area (Å²) >= 11 is 0. The Morgan fingerprint density at radius 1 is 1.00 bits per heavy atom. The first-order valence-corrected chi connectivity index (χ1v) is 6.70. The topological polar surface area (TPSA) is 99.4 Å². The van der Waals surface area contributed by atoms with Gasteiger partial charge in [-0.15, -0.1) is 0 Å². The lowest BCUT2D eigenvalue weighted by molar-refractivity contribution is -0.134. The molecule has 0 radical (unpaired) electrons. The van der Waals surface area contributed by atoms with E-state index in [4.69, 9.17) is 16.9 Å². The molecule has 0 spiro atoms. The van der Waals surface area contributed by atoms with Crippen LogP contribution in [0.1, 0.15) is 32.1 Å². The second kappa shape index (κ2) is 5.14. The number of nitrogens with two attached hydrogens (primary N) is 2. The van der Waals surface area contributed by atoms with Gasteiger partial charge in [-0.2, -0.15) is 0 Å². The highest BCUT2D eigenvalue weighted by molar-refractivity contribution is 5.85. The fourth-order valence-electron chi connectivity index (χ4n) is 3.16. The summed E-state index contributed by atoms with van der Waals surface area (Å²) in [6.07, 6.45) is 4.89. The quantitative estimate of drug-likeness (QED) is 0.464. The molecular formula is C12H23N5O. The van der Waals surface area contributed by atoms with E-state index >= 15 is 0 Å². The number of carbonyl (C=O) groups excluding carboxylic acids is 1. The molecule has 0 unspecified atom stereocenters. The summed E-state index contributed by atoms with van der Waals surface area (Å²) in [4.78, 5) is 16.0. The van der Waals surface area contributed by atoms with Gasteiger partial charge < -0.3 is 16.4 Å². The van der Waals surface area contributed by atoms with E-state index in [1.165, 1.54) is 6.42 Å². The van der Waals surface area contributed by atoms with E-state index in [-0.39, 0.29) is 11.9 Å². The third kappa shape index (κ3) is 2.29. The minimum atomic E-state index is -0.508. The van der Waals surface area contributed by atoms with Crippen molar-refractivity contribution in [2.24, 2.45) is 11.5 Å². The number of carbonyl (C=O) groups is 1. The van der Waals surface area contributed by atoms with Crippen molar-refractivity contribution in [2.75, 3.05) is 26.2 Å². The van der Waals surface area contributed by atoms with Crippen molar-refractivity contribution in [1.82, 2.24) is 9.80 Å². The van der Waals surface area contributed by atoms with Crippen LogP contribution in [0.25, 0.3) is 0 Å². The summed E-state index contributed by atoms with van der Waals surface area (Å²) in [5.41, 5.74) is 10.7. The molecule has 2 aliphatic heterocycles. The normalized spacial score (nSPS) is 24.8. The molecule has 2 aliphatic rings. The lowest BCUT2D eigenvalue weighted by Gasteiger charge is -2.48. The molecule has 2 heterocycles. The maximum absolute atomic E-state index is 11.9. The Labute approximate surface area is 108 Å². The van der Waals surface area contributed by atoms with Crippen molar-refractivity contribution < 1.29 is 4.79 Å². The van der Waals surface area contributed by atoms with Crippen molar-refractivity contribution >= 4 is 11.9 Å². The van der Waals surface area contributed by atoms with Crippen LogP contribution < -0.4 is 11.5 Å². The maximum atomic E-state index is 11.9. The van der Waals surface area contributed by atoms with Gasteiger partial charge in [-0.05, 0) is 38.8 Å². The maximum Gasteiger partial charge on any atom is 0.238 e. The number of piperidine rings is 2. The SMILES string of the molecule is N=C(N)N1CCC(C(N)=O)(N2CCCCC2)CC1. The molecule has 0 bridgehead atoms. The number of guanidine groups is 1. The predicted octanol–water partition coefficient (Wildman–Crippen LogP) is -0.314. The molecule has 1 amide bonds. The van der Waals surface area contributed by atoms with Gasteiger partial charge in [0.1, 0.15) is 5.54 Å². The smallest absolute Gasteiger partial charge is 0.238 e. The molecule has 2 saturated heterocycles. The van der Waals surface area contributed by atoms with E-state index in [1.54, 1.807) is 0 Å². The van der Waals surface area contributed by atoms with Gasteiger partial charge >= 0.3 is 0 Å². The summed E-state index contributed by atoms with van der Waals surface area (Å²) in [5.74, 6) is -0.126. The molecule has 0 aromatic heterocycles. The highest BCUT2D eigenvalue weighted by atomic mass is 16.1. The predicted molar refractivity (Wildman–Crippen MR) is 70.1 cm³/mol. The third-order valence-electron chi connectivity index (χ3n) is 4.35. The van der Waals surface area contributed by atoms with Gasteiger partial charge in [0.05, 0.1) is 0 Å². The van der Waals surface area contributed by atoms with Gasteiger partial charge in [-0.25, -0.2) is 0 Å². The van der Waals surface area contributed by atoms with Crippen LogP contribution in [-0.2, 0) is 4.79 Å². The Bertz CT molecular complexity index is 329. The minimum Gasteiger partial charge on any atom is -0.370 e. The van der Waals surface area contributed by atoms with Gasteiger partial charge in [-0.3, -0.25) is 15.1 Å². The zero-order chi connectivity index (χ0) is 13.2. The highest BCUT2D eigenvalue weighted by Crippen LogP contribution is 2.31. The lowest BCUT2D eigenvalue weighted by Crippen LogP contribution is -2.64. The van der Waals surface area contributed by atoms with Crippen LogP contribution in [0.5, 0.6) is 0 Å². The third-order valence-corrected chi connectivity index (χ3v) is 4.35. The van der Waals surface area contributed by atoms with Gasteiger partial charge in [-0.1, -0.05) is 6.42 Å². The number of rotatable bonds is 2. The zero-order valence-electron chi connectivity index (χ0n) is 10.8. The molecule has 0 aromatic rings. The van der Waals surface area contributed by atoms with E-state index in [9.17, 15) is 4.79 Å². The first-order valence-electron chi connectivity index (χ1n) is 6.70. The van der Waals surface area contributed by atoms with Gasteiger partial charge in [0, 0.05) is 13.1 Å². The van der Waals surface area contributed by atoms with Crippen LogP contribution in [0.3, 0.4) is 0 Å². The Balaban J connectivity index is 2.09. The number of nitrogens with one attached hydrogen (secondary N) is 1. The molecule has 2 fully saturated rings. The monoisotopic (exact) mass is 253 g/mol. The number of likely N-dealkylation sites (tertiary alicyclic amines) is 2. The van der Waals surface area contributed by atoms with E-state index in [0.29, 0.717) is 25.9 Å². The van der Waals surface area contributed by atoms with Crippen molar-refractivity contribution in [3.05, 3.63) is 0 Å². The van der Waals surface area contributed by atoms with Crippen molar-refractivity contribution in [2.45, 2.75) is 37.6 Å². The average Bonchev–Trinajstić information content (AvgIpc) is 2.39. The summed E-state index contributed by atoms with van der Waals surface area (Å²) in [6, 6.07) is 0. The number of amides is 1. The average molecular weight is 253 g/mol. The Kier molecular flexibility index (Phi) is 3.75. The molecule has 6 heteroatoms. The number of hydrogen-bond donors (Lipinski definition) is 3. The molecule has 0 aliphatic carbocycles. The summed E-state index contributed by atoms with van der Waals surface area (Å²) < 4.78 is 0. The second-order valence-electron chi connectivity index (χ2n) is 5.32. The number of nitrogens with zero attached hydrogens (tertiary/aromatic N) is 2. The molecule has 18 heavy (non-hydrogen) atoms. The van der Waals surface area contributed by atoms with E-state index in [1.807, 2.05) is 4.90 Å². The standard InChI is InChI=1S/C12H23N5O/c13-10(18)12(17-6-2-1-3-7-17)4-8-16(9-5-12)11(14)15/h1-9H2,(H2,13,18)(H3,14,15). The van der Waals surface area contributed by atoms with Gasteiger partial charge in [0.15, 0.2) is 5.96 Å². The molecule has 102 valence electrons. The van der Waals surface area contributed by atoms with Crippen LogP contribution in [0, 0.1) is 5.41 Å². The van der Waals surface area contributed by atoms with Gasteiger partial charge in [0.2, 0.25) is 5.91 Å². The zero-order valence-corrected chi connectivity index (χ0v) is 10.8. The molecule has 0 atom stereocenters. The number of hydrogen-bond acceptors (Lipinski definition) is 3. The molecule has 6 nitrogen and oxygen atoms in total. The Hall–Kier alpha value is -1.30. The van der Waals surface area contributed by atoms with Crippen LogP contribution >= 0.6 is 0 Å². The van der Waals surface area contributed by atoms with Crippen LogP contribution in [-0.4, -0.2) is 53.4 Å². The first kappa shape index (κ1) is 13.1. The molecule has 2 rings (SSSR count). The summed E-state index contributed by atoms with van der Waals surface area (Å²) in [6.45, 7) is 3.22. The Morgan fingerprint density at radius 3 is 2.00 bits per heavy atom. The van der Waals surface area contributed by atoms with Crippen molar-refractivity contribution in [1.29, 1.82) is 5.41 Å². The highest BCUT2D eigenvalue weighted by Gasteiger charge is 2.45.